The van der Waals surface area contributed by atoms with Crippen molar-refractivity contribution in [3.63, 3.8) is 0 Å². The average molecular weight is 163 g/mol. The molecule has 5 heteroatoms. The second-order valence-corrected chi connectivity index (χ2v) is 2.92. The molecule has 3 atom stereocenters. The fourth-order valence-electron chi connectivity index (χ4n) is 1.19. The minimum Gasteiger partial charge on any atom is -0.389 e. The van der Waals surface area contributed by atoms with E-state index >= 15 is 0 Å². The highest BCUT2D eigenvalue weighted by molar-refractivity contribution is 4.84. The van der Waals surface area contributed by atoms with Crippen LogP contribution >= 0.6 is 0 Å². The second-order valence-electron chi connectivity index (χ2n) is 2.92. The Hall–Kier alpha value is -0.200. The van der Waals surface area contributed by atoms with Gasteiger partial charge in [-0.05, 0) is 6.92 Å². The van der Waals surface area contributed by atoms with E-state index in [0.717, 1.165) is 0 Å². The summed E-state index contributed by atoms with van der Waals surface area (Å²) in [7, 11) is 0. The molecule has 0 unspecified atom stereocenters. The zero-order chi connectivity index (χ0) is 8.65. The van der Waals surface area contributed by atoms with Gasteiger partial charge in [0, 0.05) is 12.5 Å². The van der Waals surface area contributed by atoms with E-state index in [2.05, 4.69) is 4.74 Å². The maximum Gasteiger partial charge on any atom is 0.279 e. The molecule has 1 fully saturated rings. The summed E-state index contributed by atoms with van der Waals surface area (Å²) in [6.45, 7) is 1.53. The minimum absolute atomic E-state index is 0.168. The fraction of sp³-hybridized carbons (Fsp3) is 1.00. The van der Waals surface area contributed by atoms with E-state index in [4.69, 9.17) is 15.9 Å². The van der Waals surface area contributed by atoms with Crippen LogP contribution < -0.4 is 5.73 Å². The van der Waals surface area contributed by atoms with Crippen molar-refractivity contribution in [1.82, 2.24) is 0 Å². The van der Waals surface area contributed by atoms with E-state index in [-0.39, 0.29) is 6.42 Å². The maximum absolute atomic E-state index is 9.21. The van der Waals surface area contributed by atoms with Gasteiger partial charge in [0.05, 0.1) is 12.2 Å². The molecular weight excluding hydrogens is 150 g/mol. The molecule has 0 radical (unpaired) electrons. The van der Waals surface area contributed by atoms with Crippen molar-refractivity contribution in [3.05, 3.63) is 0 Å². The van der Waals surface area contributed by atoms with E-state index in [1.54, 1.807) is 0 Å². The van der Waals surface area contributed by atoms with Crippen LogP contribution in [-0.4, -0.2) is 39.5 Å². The molecule has 11 heavy (non-hydrogen) atoms. The number of ether oxygens (including phenoxy) is 1. The Morgan fingerprint density at radius 3 is 2.55 bits per heavy atom. The lowest BCUT2D eigenvalue weighted by Gasteiger charge is -2.38. The van der Waals surface area contributed by atoms with E-state index in [9.17, 15) is 5.11 Å². The first kappa shape index (κ1) is 8.89. The van der Waals surface area contributed by atoms with Crippen molar-refractivity contribution in [2.24, 2.45) is 5.73 Å². The van der Waals surface area contributed by atoms with E-state index < -0.39 is 24.2 Å². The Morgan fingerprint density at radius 2 is 2.09 bits per heavy atom. The molecule has 0 bridgehead atoms. The summed E-state index contributed by atoms with van der Waals surface area (Å²) in [5.74, 6) is -2.18. The van der Waals surface area contributed by atoms with Gasteiger partial charge in [-0.25, -0.2) is 0 Å². The first-order chi connectivity index (χ1) is 4.92. The van der Waals surface area contributed by atoms with Crippen LogP contribution in [0.25, 0.3) is 0 Å². The summed E-state index contributed by atoms with van der Waals surface area (Å²) in [5, 5.41) is 27.2. The first-order valence-electron chi connectivity index (χ1n) is 3.48. The average Bonchev–Trinajstić information content (AvgIpc) is 1.81. The molecule has 0 saturated carbocycles. The summed E-state index contributed by atoms with van der Waals surface area (Å²) in [6, 6.07) is -0.645. The Balaban J connectivity index is 2.62. The normalized spacial score (nSPS) is 43.9. The number of hydrogen-bond acceptors (Lipinski definition) is 5. The zero-order valence-corrected chi connectivity index (χ0v) is 6.27. The fourth-order valence-corrected chi connectivity index (χ4v) is 1.19. The van der Waals surface area contributed by atoms with Crippen molar-refractivity contribution in [1.29, 1.82) is 0 Å². The van der Waals surface area contributed by atoms with E-state index in [0.29, 0.717) is 0 Å². The molecule has 0 aromatic carbocycles. The van der Waals surface area contributed by atoms with Gasteiger partial charge >= 0.3 is 0 Å². The second kappa shape index (κ2) is 2.69. The van der Waals surface area contributed by atoms with Crippen LogP contribution in [0.2, 0.25) is 0 Å². The zero-order valence-electron chi connectivity index (χ0n) is 6.27. The van der Waals surface area contributed by atoms with Crippen molar-refractivity contribution in [3.8, 4) is 0 Å². The quantitative estimate of drug-likeness (QED) is 0.313. The number of aliphatic hydroxyl groups is 3. The Kier molecular flexibility index (Phi) is 2.17. The van der Waals surface area contributed by atoms with Gasteiger partial charge in [-0.2, -0.15) is 0 Å². The molecule has 1 rings (SSSR count). The predicted octanol–water partition coefficient (Wildman–Crippen LogP) is -1.88. The van der Waals surface area contributed by atoms with Crippen LogP contribution in [-0.2, 0) is 4.74 Å². The molecule has 0 aromatic heterocycles. The summed E-state index contributed by atoms with van der Waals surface area (Å²) in [4.78, 5) is 0. The van der Waals surface area contributed by atoms with E-state index in [1.807, 2.05) is 0 Å². The topological polar surface area (TPSA) is 95.9 Å². The van der Waals surface area contributed by atoms with E-state index in [1.165, 1.54) is 6.92 Å². The molecular formula is C6H13NO4. The molecule has 1 saturated heterocycles. The molecule has 0 aromatic rings. The van der Waals surface area contributed by atoms with Crippen LogP contribution in [0.15, 0.2) is 0 Å². The van der Waals surface area contributed by atoms with Crippen LogP contribution in [0.1, 0.15) is 13.3 Å². The standard InChI is InChI=1S/C6H13NO4/c1-3-5(8)4(7)2-6(9,10)11-3/h3-5,8-10H,2,7H2,1H3/t3-,4+,5-/m0/s1. The van der Waals surface area contributed by atoms with Crippen LogP contribution in [0.4, 0.5) is 0 Å². The lowest BCUT2D eigenvalue weighted by atomic mass is 10.00. The summed E-state index contributed by atoms with van der Waals surface area (Å²) in [6.07, 6.45) is -1.64. The van der Waals surface area contributed by atoms with Crippen LogP contribution in [0, 0.1) is 0 Å². The molecule has 0 spiro atoms. The number of hydrogen-bond donors (Lipinski definition) is 4. The summed E-state index contributed by atoms with van der Waals surface area (Å²) in [5.41, 5.74) is 5.39. The summed E-state index contributed by atoms with van der Waals surface area (Å²) < 4.78 is 4.64. The molecule has 5 nitrogen and oxygen atoms in total. The Labute approximate surface area is 64.4 Å². The lowest BCUT2D eigenvalue weighted by molar-refractivity contribution is -0.382. The van der Waals surface area contributed by atoms with Gasteiger partial charge in [0.25, 0.3) is 5.97 Å². The smallest absolute Gasteiger partial charge is 0.279 e. The third-order valence-corrected chi connectivity index (χ3v) is 1.80. The van der Waals surface area contributed by atoms with Crippen molar-refractivity contribution < 1.29 is 20.1 Å². The number of rotatable bonds is 0. The van der Waals surface area contributed by atoms with Crippen LogP contribution in [0.5, 0.6) is 0 Å². The summed E-state index contributed by atoms with van der Waals surface area (Å²) >= 11 is 0. The molecule has 66 valence electrons. The van der Waals surface area contributed by atoms with Crippen molar-refractivity contribution in [2.75, 3.05) is 0 Å². The van der Waals surface area contributed by atoms with Gasteiger partial charge in [0.2, 0.25) is 0 Å². The van der Waals surface area contributed by atoms with Crippen molar-refractivity contribution >= 4 is 0 Å². The largest absolute Gasteiger partial charge is 0.389 e. The lowest BCUT2D eigenvalue weighted by Crippen LogP contribution is -2.56. The molecule has 0 amide bonds. The predicted molar refractivity (Wildman–Crippen MR) is 36.3 cm³/mol. The molecule has 1 heterocycles. The van der Waals surface area contributed by atoms with Gasteiger partial charge in [0.15, 0.2) is 0 Å². The first-order valence-corrected chi connectivity index (χ1v) is 3.48. The van der Waals surface area contributed by atoms with Gasteiger partial charge in [-0.15, -0.1) is 0 Å². The Morgan fingerprint density at radius 1 is 1.55 bits per heavy atom. The molecule has 0 aliphatic carbocycles. The number of nitrogens with two attached hydrogens (primary N) is 1. The molecule has 1 aliphatic rings. The third kappa shape index (κ3) is 1.88. The van der Waals surface area contributed by atoms with Gasteiger partial charge in [-0.1, -0.05) is 0 Å². The molecule has 1 aliphatic heterocycles. The van der Waals surface area contributed by atoms with Gasteiger partial charge < -0.3 is 25.8 Å². The van der Waals surface area contributed by atoms with Gasteiger partial charge in [0.1, 0.15) is 0 Å². The SMILES string of the molecule is C[C@@H]1OC(O)(O)C[C@@H](N)[C@H]1O. The monoisotopic (exact) mass is 163 g/mol. The number of aliphatic hydroxyl groups excluding tert-OH is 1. The highest BCUT2D eigenvalue weighted by atomic mass is 16.8. The highest BCUT2D eigenvalue weighted by Crippen LogP contribution is 2.23. The maximum atomic E-state index is 9.21. The minimum atomic E-state index is -2.18. The molecule has 5 N–H and O–H groups in total. The van der Waals surface area contributed by atoms with Crippen LogP contribution in [0.3, 0.4) is 0 Å². The highest BCUT2D eigenvalue weighted by Gasteiger charge is 2.41. The third-order valence-electron chi connectivity index (χ3n) is 1.80. The van der Waals surface area contributed by atoms with Gasteiger partial charge in [-0.3, -0.25) is 0 Å². The van der Waals surface area contributed by atoms with Crippen molar-refractivity contribution in [2.45, 2.75) is 37.6 Å². The Bertz CT molecular complexity index is 136.